The third-order valence-electron chi connectivity index (χ3n) is 4.79. The van der Waals surface area contributed by atoms with Gasteiger partial charge in [-0.05, 0) is 37.0 Å². The van der Waals surface area contributed by atoms with Crippen molar-refractivity contribution in [3.8, 4) is 0 Å². The molecule has 3 aromatic rings. The fraction of sp³-hybridized carbons (Fsp3) is 0.316. The number of benzene rings is 1. The Bertz CT molecular complexity index is 871. The first-order chi connectivity index (χ1) is 12.2. The Balaban J connectivity index is 1.50. The predicted octanol–water partition coefficient (Wildman–Crippen LogP) is 2.06. The number of carbonyl (C=O) groups excluding carboxylic acids is 1. The summed E-state index contributed by atoms with van der Waals surface area (Å²) in [4.78, 5) is 17.0. The maximum Gasteiger partial charge on any atom is 0.242 e. The first kappa shape index (κ1) is 15.8. The third-order valence-corrected chi connectivity index (χ3v) is 4.79. The number of aliphatic hydroxyl groups excluding tert-OH is 1. The molecule has 0 aliphatic heterocycles. The van der Waals surface area contributed by atoms with E-state index in [0.29, 0.717) is 12.8 Å². The number of aliphatic hydroxyl groups is 1. The molecule has 4 rings (SSSR count). The summed E-state index contributed by atoms with van der Waals surface area (Å²) >= 11 is 0. The highest BCUT2D eigenvalue weighted by atomic mass is 16.3. The van der Waals surface area contributed by atoms with Crippen molar-refractivity contribution in [2.45, 2.75) is 31.5 Å². The van der Waals surface area contributed by atoms with Crippen LogP contribution >= 0.6 is 0 Å². The van der Waals surface area contributed by atoms with Gasteiger partial charge in [0.15, 0.2) is 0 Å². The van der Waals surface area contributed by atoms with Gasteiger partial charge in [-0.3, -0.25) is 14.5 Å². The van der Waals surface area contributed by atoms with E-state index in [2.05, 4.69) is 15.4 Å². The number of nitrogens with zero attached hydrogens (tertiary/aromatic N) is 3. The van der Waals surface area contributed by atoms with Crippen LogP contribution in [-0.2, 0) is 11.3 Å². The van der Waals surface area contributed by atoms with E-state index in [1.807, 2.05) is 42.5 Å². The van der Waals surface area contributed by atoms with Gasteiger partial charge >= 0.3 is 0 Å². The van der Waals surface area contributed by atoms with E-state index >= 15 is 0 Å². The van der Waals surface area contributed by atoms with Gasteiger partial charge in [-0.1, -0.05) is 24.3 Å². The number of para-hydroxylation sites is 1. The summed E-state index contributed by atoms with van der Waals surface area (Å²) in [5.74, 6) is 0.106. The van der Waals surface area contributed by atoms with E-state index in [1.165, 1.54) is 0 Å². The van der Waals surface area contributed by atoms with Crippen LogP contribution in [0, 0.1) is 5.92 Å². The number of pyridine rings is 1. The van der Waals surface area contributed by atoms with E-state index in [9.17, 15) is 9.90 Å². The molecule has 25 heavy (non-hydrogen) atoms. The van der Waals surface area contributed by atoms with Crippen LogP contribution in [0.15, 0.2) is 54.9 Å². The normalized spacial score (nSPS) is 20.8. The van der Waals surface area contributed by atoms with E-state index < -0.39 is 0 Å². The molecule has 1 saturated carbocycles. The van der Waals surface area contributed by atoms with Crippen molar-refractivity contribution in [3.63, 3.8) is 0 Å². The average molecular weight is 336 g/mol. The summed E-state index contributed by atoms with van der Waals surface area (Å²) in [6, 6.07) is 13.3. The molecule has 0 radical (unpaired) electrons. The quantitative estimate of drug-likeness (QED) is 0.747. The molecule has 1 amide bonds. The van der Waals surface area contributed by atoms with E-state index in [4.69, 9.17) is 0 Å². The molecular formula is C19H20N4O2. The summed E-state index contributed by atoms with van der Waals surface area (Å²) in [6.45, 7) is 0.159. The standard InChI is InChI=1S/C19H20N4O2/c24-15-9-14(10-15)19(16-6-3-4-8-20-16)22-18(25)12-23-17-7-2-1-5-13(17)11-21-23/h1-8,11,14-15,19,24H,9-10,12H2,(H,22,25)/t14?,15?,19-/m0/s1. The van der Waals surface area contributed by atoms with Crippen molar-refractivity contribution < 1.29 is 9.90 Å². The van der Waals surface area contributed by atoms with Crippen LogP contribution in [0.5, 0.6) is 0 Å². The van der Waals surface area contributed by atoms with Crippen molar-refractivity contribution in [1.82, 2.24) is 20.1 Å². The second-order valence-electron chi connectivity index (χ2n) is 6.55. The molecule has 1 fully saturated rings. The number of rotatable bonds is 5. The second kappa shape index (κ2) is 6.64. The van der Waals surface area contributed by atoms with E-state index in [-0.39, 0.29) is 30.5 Å². The fourth-order valence-electron chi connectivity index (χ4n) is 3.40. The smallest absolute Gasteiger partial charge is 0.242 e. The molecule has 2 aromatic heterocycles. The van der Waals surface area contributed by atoms with Gasteiger partial charge in [-0.2, -0.15) is 5.10 Å². The van der Waals surface area contributed by atoms with Crippen LogP contribution in [0.25, 0.3) is 10.9 Å². The van der Waals surface area contributed by atoms with Gasteiger partial charge in [0.1, 0.15) is 6.54 Å². The van der Waals surface area contributed by atoms with E-state index in [0.717, 1.165) is 16.6 Å². The number of hydrogen-bond acceptors (Lipinski definition) is 4. The Morgan fingerprint density at radius 3 is 2.80 bits per heavy atom. The highest BCUT2D eigenvalue weighted by molar-refractivity contribution is 5.82. The van der Waals surface area contributed by atoms with Crippen molar-refractivity contribution in [2.75, 3.05) is 0 Å². The van der Waals surface area contributed by atoms with Crippen LogP contribution in [0.4, 0.5) is 0 Å². The number of fused-ring (bicyclic) bond motifs is 1. The molecule has 2 heterocycles. The second-order valence-corrected chi connectivity index (χ2v) is 6.55. The lowest BCUT2D eigenvalue weighted by atomic mass is 9.76. The highest BCUT2D eigenvalue weighted by Gasteiger charge is 2.36. The number of aromatic nitrogens is 3. The van der Waals surface area contributed by atoms with Crippen LogP contribution in [0.3, 0.4) is 0 Å². The predicted molar refractivity (Wildman–Crippen MR) is 93.6 cm³/mol. The lowest BCUT2D eigenvalue weighted by Gasteiger charge is -2.37. The first-order valence-electron chi connectivity index (χ1n) is 8.49. The SMILES string of the molecule is O=C(Cn1ncc2ccccc21)N[C@H](c1ccccn1)C1CC(O)C1. The summed E-state index contributed by atoms with van der Waals surface area (Å²) in [6.07, 6.45) is 4.59. The first-order valence-corrected chi connectivity index (χ1v) is 8.49. The summed E-state index contributed by atoms with van der Waals surface area (Å²) in [7, 11) is 0. The van der Waals surface area contributed by atoms with Crippen LogP contribution in [0.1, 0.15) is 24.6 Å². The number of amides is 1. The van der Waals surface area contributed by atoms with Crippen LogP contribution in [0.2, 0.25) is 0 Å². The van der Waals surface area contributed by atoms with Gasteiger partial charge in [0.25, 0.3) is 0 Å². The zero-order chi connectivity index (χ0) is 17.2. The van der Waals surface area contributed by atoms with Crippen LogP contribution in [-0.4, -0.2) is 31.9 Å². The highest BCUT2D eigenvalue weighted by Crippen LogP contribution is 2.37. The van der Waals surface area contributed by atoms with Gasteiger partial charge in [-0.25, -0.2) is 0 Å². The largest absolute Gasteiger partial charge is 0.393 e. The van der Waals surface area contributed by atoms with Crippen molar-refractivity contribution >= 4 is 16.8 Å². The van der Waals surface area contributed by atoms with Crippen molar-refractivity contribution in [3.05, 3.63) is 60.6 Å². The molecular weight excluding hydrogens is 316 g/mol. The van der Waals surface area contributed by atoms with Gasteiger partial charge in [0.2, 0.25) is 5.91 Å². The Morgan fingerprint density at radius 2 is 2.04 bits per heavy atom. The molecule has 6 nitrogen and oxygen atoms in total. The minimum Gasteiger partial charge on any atom is -0.393 e. The van der Waals surface area contributed by atoms with Crippen molar-refractivity contribution in [1.29, 1.82) is 0 Å². The molecule has 1 aliphatic rings. The zero-order valence-corrected chi connectivity index (χ0v) is 13.7. The molecule has 1 aliphatic carbocycles. The third kappa shape index (κ3) is 3.25. The minimum absolute atomic E-state index is 0.106. The minimum atomic E-state index is -0.275. The monoisotopic (exact) mass is 336 g/mol. The summed E-state index contributed by atoms with van der Waals surface area (Å²) in [5.41, 5.74) is 1.77. The maximum absolute atomic E-state index is 12.6. The van der Waals surface area contributed by atoms with Gasteiger partial charge in [0, 0.05) is 11.6 Å². The maximum atomic E-state index is 12.6. The molecule has 0 unspecified atom stereocenters. The molecule has 1 atom stereocenters. The van der Waals surface area contributed by atoms with Gasteiger partial charge < -0.3 is 10.4 Å². The average Bonchev–Trinajstić information content (AvgIpc) is 3.01. The molecule has 1 aromatic carbocycles. The zero-order valence-electron chi connectivity index (χ0n) is 13.7. The lowest BCUT2D eigenvalue weighted by Crippen LogP contribution is -2.42. The summed E-state index contributed by atoms with van der Waals surface area (Å²) in [5, 5.41) is 18.0. The van der Waals surface area contributed by atoms with Gasteiger partial charge in [-0.15, -0.1) is 0 Å². The Labute approximate surface area is 145 Å². The molecule has 2 N–H and O–H groups in total. The number of nitrogens with one attached hydrogen (secondary N) is 1. The number of carbonyl (C=O) groups is 1. The van der Waals surface area contributed by atoms with Crippen molar-refractivity contribution in [2.24, 2.45) is 5.92 Å². The molecule has 0 saturated heterocycles. The van der Waals surface area contributed by atoms with Gasteiger partial charge in [0.05, 0.1) is 29.6 Å². The fourth-order valence-corrected chi connectivity index (χ4v) is 3.40. The molecule has 128 valence electrons. The Kier molecular flexibility index (Phi) is 4.19. The van der Waals surface area contributed by atoms with E-state index in [1.54, 1.807) is 17.1 Å². The summed E-state index contributed by atoms with van der Waals surface area (Å²) < 4.78 is 1.70. The molecule has 6 heteroatoms. The molecule has 0 bridgehead atoms. The van der Waals surface area contributed by atoms with Crippen LogP contribution < -0.4 is 5.32 Å². The Hall–Kier alpha value is -2.73. The Morgan fingerprint density at radius 1 is 1.24 bits per heavy atom. The molecule has 0 spiro atoms. The lowest BCUT2D eigenvalue weighted by molar-refractivity contribution is -0.123. The topological polar surface area (TPSA) is 80.0 Å². The number of hydrogen-bond donors (Lipinski definition) is 2.